The highest BCUT2D eigenvalue weighted by Crippen LogP contribution is 2.26. The summed E-state index contributed by atoms with van der Waals surface area (Å²) in [6.45, 7) is 5.82. The highest BCUT2D eigenvalue weighted by Gasteiger charge is 2.33. The standard InChI is InChI=1S/C23H29N5O3S/c1-3-11-28-22-10-9-20(14-21(22)25-26-28)32(30,31)27-12-5-8-19(16-27)23(29)24-15-18-7-4-6-17(2)13-18/h4,6-7,9-10,13-14,19H,3,5,8,11-12,15-16H2,1-2H3,(H,24,29). The van der Waals surface area contributed by atoms with Gasteiger partial charge < -0.3 is 5.32 Å². The Labute approximate surface area is 188 Å². The largest absolute Gasteiger partial charge is 0.352 e. The van der Waals surface area contributed by atoms with Crippen LogP contribution in [0.5, 0.6) is 0 Å². The summed E-state index contributed by atoms with van der Waals surface area (Å²) in [5.74, 6) is -0.470. The average Bonchev–Trinajstić information content (AvgIpc) is 3.20. The molecule has 0 saturated carbocycles. The molecule has 4 rings (SSSR count). The van der Waals surface area contributed by atoms with Gasteiger partial charge in [0.2, 0.25) is 15.9 Å². The van der Waals surface area contributed by atoms with E-state index in [0.29, 0.717) is 31.4 Å². The van der Waals surface area contributed by atoms with E-state index in [2.05, 4.69) is 22.6 Å². The maximum Gasteiger partial charge on any atom is 0.243 e. The molecule has 0 spiro atoms. The van der Waals surface area contributed by atoms with Gasteiger partial charge in [0.25, 0.3) is 0 Å². The average molecular weight is 456 g/mol. The summed E-state index contributed by atoms with van der Waals surface area (Å²) in [5.41, 5.74) is 3.54. The number of benzene rings is 2. The Balaban J connectivity index is 1.45. The second kappa shape index (κ2) is 9.38. The molecule has 1 atom stereocenters. The molecule has 2 aromatic carbocycles. The van der Waals surface area contributed by atoms with E-state index >= 15 is 0 Å². The summed E-state index contributed by atoms with van der Waals surface area (Å²) in [5, 5.41) is 11.2. The van der Waals surface area contributed by atoms with Crippen LogP contribution in [0.15, 0.2) is 47.4 Å². The van der Waals surface area contributed by atoms with Gasteiger partial charge in [-0.2, -0.15) is 4.31 Å². The number of nitrogens with zero attached hydrogens (tertiary/aromatic N) is 4. The Kier molecular flexibility index (Phi) is 6.57. The number of hydrogen-bond acceptors (Lipinski definition) is 5. The van der Waals surface area contributed by atoms with Crippen molar-refractivity contribution < 1.29 is 13.2 Å². The molecule has 1 fully saturated rings. The minimum Gasteiger partial charge on any atom is -0.352 e. The number of aryl methyl sites for hydroxylation is 2. The van der Waals surface area contributed by atoms with Crippen LogP contribution in [0.4, 0.5) is 0 Å². The first-order valence-corrected chi connectivity index (χ1v) is 12.5. The van der Waals surface area contributed by atoms with E-state index in [4.69, 9.17) is 0 Å². The zero-order valence-electron chi connectivity index (χ0n) is 18.5. The van der Waals surface area contributed by atoms with Crippen LogP contribution < -0.4 is 5.32 Å². The highest BCUT2D eigenvalue weighted by molar-refractivity contribution is 7.89. The molecule has 0 bridgehead atoms. The topological polar surface area (TPSA) is 97.2 Å². The van der Waals surface area contributed by atoms with Crippen LogP contribution in [0.3, 0.4) is 0 Å². The fourth-order valence-electron chi connectivity index (χ4n) is 4.17. The molecule has 1 aromatic heterocycles. The third-order valence-corrected chi connectivity index (χ3v) is 7.72. The lowest BCUT2D eigenvalue weighted by atomic mass is 9.98. The second-order valence-corrected chi connectivity index (χ2v) is 10.3. The number of carbonyl (C=O) groups is 1. The van der Waals surface area contributed by atoms with Gasteiger partial charge in [-0.15, -0.1) is 5.10 Å². The predicted octanol–water partition coefficient (Wildman–Crippen LogP) is 2.87. The Morgan fingerprint density at radius 3 is 2.84 bits per heavy atom. The number of nitrogens with one attached hydrogen (secondary N) is 1. The number of aromatic nitrogens is 3. The Hall–Kier alpha value is -2.78. The fourth-order valence-corrected chi connectivity index (χ4v) is 5.71. The van der Waals surface area contributed by atoms with E-state index in [1.165, 1.54) is 4.31 Å². The van der Waals surface area contributed by atoms with Crippen molar-refractivity contribution in [1.29, 1.82) is 0 Å². The second-order valence-electron chi connectivity index (χ2n) is 8.37. The van der Waals surface area contributed by atoms with Crippen molar-refractivity contribution in [2.45, 2.75) is 51.1 Å². The summed E-state index contributed by atoms with van der Waals surface area (Å²) in [6, 6.07) is 12.9. The molecule has 32 heavy (non-hydrogen) atoms. The summed E-state index contributed by atoms with van der Waals surface area (Å²) in [6.07, 6.45) is 2.24. The number of fused-ring (bicyclic) bond motifs is 1. The highest BCUT2D eigenvalue weighted by atomic mass is 32.2. The van der Waals surface area contributed by atoms with E-state index in [0.717, 1.165) is 29.6 Å². The molecule has 1 N–H and O–H groups in total. The molecule has 0 aliphatic carbocycles. The molecule has 1 aliphatic rings. The molecule has 2 heterocycles. The zero-order valence-corrected chi connectivity index (χ0v) is 19.3. The summed E-state index contributed by atoms with van der Waals surface area (Å²) >= 11 is 0. The minimum atomic E-state index is -3.72. The van der Waals surface area contributed by atoms with E-state index < -0.39 is 10.0 Å². The monoisotopic (exact) mass is 455 g/mol. The molecule has 1 unspecified atom stereocenters. The smallest absolute Gasteiger partial charge is 0.243 e. The lowest BCUT2D eigenvalue weighted by Gasteiger charge is -2.31. The molecular weight excluding hydrogens is 426 g/mol. The third-order valence-electron chi connectivity index (χ3n) is 5.86. The van der Waals surface area contributed by atoms with Gasteiger partial charge in [0.1, 0.15) is 5.52 Å². The van der Waals surface area contributed by atoms with Crippen molar-refractivity contribution in [3.8, 4) is 0 Å². The summed E-state index contributed by atoms with van der Waals surface area (Å²) in [4.78, 5) is 12.9. The number of sulfonamides is 1. The van der Waals surface area contributed by atoms with Crippen LogP contribution in [0, 0.1) is 12.8 Å². The molecule has 1 amide bonds. The van der Waals surface area contributed by atoms with Crippen LogP contribution in [-0.2, 0) is 27.9 Å². The van der Waals surface area contributed by atoms with Gasteiger partial charge in [0.05, 0.1) is 16.3 Å². The molecule has 3 aromatic rings. The molecule has 1 aliphatic heterocycles. The van der Waals surface area contributed by atoms with Crippen molar-refractivity contribution in [2.75, 3.05) is 13.1 Å². The van der Waals surface area contributed by atoms with Gasteiger partial charge in [-0.3, -0.25) is 4.79 Å². The number of hydrogen-bond donors (Lipinski definition) is 1. The molecule has 170 valence electrons. The van der Waals surface area contributed by atoms with E-state index in [1.54, 1.807) is 22.9 Å². The van der Waals surface area contributed by atoms with E-state index in [1.807, 2.05) is 31.2 Å². The quantitative estimate of drug-likeness (QED) is 0.591. The predicted molar refractivity (Wildman–Crippen MR) is 122 cm³/mol. The Bertz CT molecular complexity index is 1220. The summed E-state index contributed by atoms with van der Waals surface area (Å²) < 4.78 is 29.8. The number of piperidine rings is 1. The molecular formula is C23H29N5O3S. The first-order chi connectivity index (χ1) is 15.4. The van der Waals surface area contributed by atoms with Crippen LogP contribution in [0.1, 0.15) is 37.3 Å². The van der Waals surface area contributed by atoms with E-state index in [-0.39, 0.29) is 23.3 Å². The van der Waals surface area contributed by atoms with Crippen molar-refractivity contribution >= 4 is 27.0 Å². The molecule has 9 heteroatoms. The SMILES string of the molecule is CCCn1nnc2cc(S(=O)(=O)N3CCCC(C(=O)NCc4cccc(C)c4)C3)ccc21. The van der Waals surface area contributed by atoms with Gasteiger partial charge in [-0.05, 0) is 49.9 Å². The molecule has 0 radical (unpaired) electrons. The maximum atomic E-state index is 13.3. The molecule has 1 saturated heterocycles. The van der Waals surface area contributed by atoms with Gasteiger partial charge in [0.15, 0.2) is 0 Å². The number of carbonyl (C=O) groups excluding carboxylic acids is 1. The Morgan fingerprint density at radius 2 is 2.06 bits per heavy atom. The number of rotatable bonds is 7. The lowest BCUT2D eigenvalue weighted by Crippen LogP contribution is -2.45. The van der Waals surface area contributed by atoms with Crippen LogP contribution in [-0.4, -0.2) is 46.7 Å². The van der Waals surface area contributed by atoms with Crippen molar-refractivity contribution in [1.82, 2.24) is 24.6 Å². The lowest BCUT2D eigenvalue weighted by molar-refractivity contribution is -0.126. The van der Waals surface area contributed by atoms with Crippen LogP contribution in [0.25, 0.3) is 11.0 Å². The van der Waals surface area contributed by atoms with Gasteiger partial charge in [-0.25, -0.2) is 13.1 Å². The fraction of sp³-hybridized carbons (Fsp3) is 0.435. The van der Waals surface area contributed by atoms with Crippen LogP contribution >= 0.6 is 0 Å². The third kappa shape index (κ3) is 4.68. The Morgan fingerprint density at radius 1 is 1.22 bits per heavy atom. The first-order valence-electron chi connectivity index (χ1n) is 11.0. The zero-order chi connectivity index (χ0) is 22.7. The maximum absolute atomic E-state index is 13.3. The van der Waals surface area contributed by atoms with Gasteiger partial charge >= 0.3 is 0 Å². The van der Waals surface area contributed by atoms with Gasteiger partial charge in [0, 0.05) is 26.2 Å². The van der Waals surface area contributed by atoms with E-state index in [9.17, 15) is 13.2 Å². The van der Waals surface area contributed by atoms with Crippen LogP contribution in [0.2, 0.25) is 0 Å². The number of amides is 1. The summed E-state index contributed by atoms with van der Waals surface area (Å²) in [7, 11) is -3.72. The first kappa shape index (κ1) is 22.4. The van der Waals surface area contributed by atoms with Crippen molar-refractivity contribution in [3.05, 3.63) is 53.6 Å². The van der Waals surface area contributed by atoms with Crippen molar-refractivity contribution in [2.24, 2.45) is 5.92 Å². The van der Waals surface area contributed by atoms with Crippen molar-refractivity contribution in [3.63, 3.8) is 0 Å². The van der Waals surface area contributed by atoms with Gasteiger partial charge in [-0.1, -0.05) is 42.0 Å². The normalized spacial score (nSPS) is 17.5. The minimum absolute atomic E-state index is 0.107. The molecule has 8 nitrogen and oxygen atoms in total.